The van der Waals surface area contributed by atoms with Gasteiger partial charge in [0.15, 0.2) is 23.0 Å². The fraction of sp³-hybridized carbons (Fsp3) is 0.0526. The van der Waals surface area contributed by atoms with E-state index in [4.69, 9.17) is 18.9 Å². The zero-order valence-electron chi connectivity index (χ0n) is 24.2. The molecule has 0 atom stereocenters. The van der Waals surface area contributed by atoms with Crippen molar-refractivity contribution in [1.29, 1.82) is 0 Å². The van der Waals surface area contributed by atoms with E-state index >= 15 is 0 Å². The van der Waals surface area contributed by atoms with E-state index in [-0.39, 0.29) is 13.6 Å². The third-order valence-electron chi connectivity index (χ3n) is 7.69. The average molecular weight is 643 g/mol. The Morgan fingerprint density at radius 2 is 0.711 bits per heavy atom. The number of rotatable bonds is 8. The smallest absolute Gasteiger partial charge is 0.231 e. The summed E-state index contributed by atoms with van der Waals surface area (Å²) in [7, 11) is -1.82. The van der Waals surface area contributed by atoms with Crippen molar-refractivity contribution in [3.8, 4) is 23.0 Å². The molecule has 0 saturated carbocycles. The van der Waals surface area contributed by atoms with E-state index in [2.05, 4.69) is 146 Å². The van der Waals surface area contributed by atoms with Crippen molar-refractivity contribution in [1.82, 2.24) is 0 Å². The van der Waals surface area contributed by atoms with Gasteiger partial charge in [-0.05, 0) is 61.3 Å². The lowest BCUT2D eigenvalue weighted by Gasteiger charge is -2.25. The van der Waals surface area contributed by atoms with Crippen LogP contribution in [0.3, 0.4) is 0 Å². The zero-order chi connectivity index (χ0) is 30.0. The predicted molar refractivity (Wildman–Crippen MR) is 187 cm³/mol. The van der Waals surface area contributed by atoms with Gasteiger partial charge in [0.25, 0.3) is 0 Å². The molecule has 0 N–H and O–H groups in total. The molecule has 0 unspecified atom stereocenters. The van der Waals surface area contributed by atoms with Crippen molar-refractivity contribution in [3.05, 3.63) is 146 Å². The van der Waals surface area contributed by atoms with Crippen molar-refractivity contribution in [2.45, 2.75) is 9.79 Å². The maximum absolute atomic E-state index is 6.25. The second-order valence-electron chi connectivity index (χ2n) is 10.4. The first-order chi connectivity index (χ1) is 22.3. The maximum atomic E-state index is 6.25. The van der Waals surface area contributed by atoms with Gasteiger partial charge in [0.1, 0.15) is 0 Å². The molecule has 0 aromatic heterocycles. The lowest BCUT2D eigenvalue weighted by atomic mass is 10.3. The first kappa shape index (κ1) is 28.2. The number of hydrogen-bond donors (Lipinski definition) is 0. The molecule has 2 heterocycles. The van der Waals surface area contributed by atoms with Crippen LogP contribution in [0.1, 0.15) is 0 Å². The normalized spacial score (nSPS) is 13.0. The Balaban J connectivity index is 1.35. The van der Waals surface area contributed by atoms with E-state index in [0.29, 0.717) is 0 Å². The molecule has 8 rings (SSSR count). The predicted octanol–water partition coefficient (Wildman–Crippen LogP) is 6.81. The summed E-state index contributed by atoms with van der Waals surface area (Å²) in [6.45, 7) is 0.391. The summed E-state index contributed by atoms with van der Waals surface area (Å²) in [5.41, 5.74) is 0. The monoisotopic (exact) mass is 642 g/mol. The molecule has 45 heavy (non-hydrogen) atoms. The Morgan fingerprint density at radius 3 is 1.04 bits per heavy atom. The van der Waals surface area contributed by atoms with Crippen LogP contribution in [0.4, 0.5) is 0 Å². The summed E-state index contributed by atoms with van der Waals surface area (Å²) in [5, 5.41) is 7.51. The average Bonchev–Trinajstić information content (AvgIpc) is 3.79. The highest BCUT2D eigenvalue weighted by molar-refractivity contribution is 8.01. The highest BCUT2D eigenvalue weighted by Gasteiger charge is 2.32. The molecular weight excluding hydrogens is 614 g/mol. The van der Waals surface area contributed by atoms with Crippen molar-refractivity contribution >= 4 is 59.4 Å². The molecule has 0 radical (unpaired) electrons. The van der Waals surface area contributed by atoms with Crippen LogP contribution >= 0.6 is 27.6 Å². The Hall–Kier alpha value is -4.27. The summed E-state index contributed by atoms with van der Waals surface area (Å²) >= 11 is 1.71. The van der Waals surface area contributed by atoms with E-state index < -0.39 is 15.8 Å². The quantitative estimate of drug-likeness (QED) is 0.171. The van der Waals surface area contributed by atoms with Crippen LogP contribution in [0, 0.1) is 0 Å². The number of ether oxygens (including phenoxy) is 4. The molecule has 6 aromatic rings. The minimum atomic E-state index is -0.911. The fourth-order valence-electron chi connectivity index (χ4n) is 5.69. The zero-order valence-corrected chi connectivity index (χ0v) is 26.8. The molecule has 220 valence electrons. The molecule has 4 nitrogen and oxygen atoms in total. The van der Waals surface area contributed by atoms with E-state index in [9.17, 15) is 0 Å². The van der Waals surface area contributed by atoms with Crippen LogP contribution in [-0.4, -0.2) is 13.6 Å². The SMILES string of the molecule is c1ccc(P(c2ccccc2)c2ccc3c(c2Sc2c(P(c4ccccc4)c4ccccc4)ccc4c2OCO4)OCO3)cc1. The Morgan fingerprint density at radius 1 is 0.378 bits per heavy atom. The molecular formula is C38H28O4P2S. The van der Waals surface area contributed by atoms with Crippen LogP contribution in [0.25, 0.3) is 0 Å². The van der Waals surface area contributed by atoms with Gasteiger partial charge in [-0.1, -0.05) is 133 Å². The summed E-state index contributed by atoms with van der Waals surface area (Å²) in [4.78, 5) is 2.09. The van der Waals surface area contributed by atoms with Crippen LogP contribution in [0.5, 0.6) is 23.0 Å². The number of fused-ring (bicyclic) bond motifs is 2. The minimum absolute atomic E-state index is 0.195. The molecule has 0 aliphatic carbocycles. The molecule has 0 fully saturated rings. The van der Waals surface area contributed by atoms with Gasteiger partial charge in [0.2, 0.25) is 13.6 Å². The lowest BCUT2D eigenvalue weighted by molar-refractivity contribution is 0.172. The van der Waals surface area contributed by atoms with Crippen molar-refractivity contribution in [2.24, 2.45) is 0 Å². The third-order valence-corrected chi connectivity index (χ3v) is 14.2. The largest absolute Gasteiger partial charge is 0.454 e. The van der Waals surface area contributed by atoms with E-state index in [1.54, 1.807) is 11.8 Å². The van der Waals surface area contributed by atoms with Gasteiger partial charge in [-0.25, -0.2) is 0 Å². The molecule has 2 aliphatic heterocycles. The van der Waals surface area contributed by atoms with Crippen LogP contribution in [-0.2, 0) is 0 Å². The highest BCUT2D eigenvalue weighted by Crippen LogP contribution is 2.53. The summed E-state index contributed by atoms with van der Waals surface area (Å²) in [6.07, 6.45) is 0. The van der Waals surface area contributed by atoms with E-state index in [1.807, 2.05) is 0 Å². The first-order valence-electron chi connectivity index (χ1n) is 14.7. The Kier molecular flexibility index (Phi) is 7.91. The van der Waals surface area contributed by atoms with Crippen LogP contribution in [0.2, 0.25) is 0 Å². The molecule has 0 amide bonds. The standard InChI is InChI=1S/C38H28O4P2S/c1-5-13-27(14-6-1)43(28-15-7-2-8-16-28)33-23-21-31-35(41-25-39-31)37(33)45-38-34(24-22-32-36(38)42-26-40-32)44(29-17-9-3-10-18-29)30-19-11-4-12-20-30/h1-24H,25-26H2. The molecule has 6 aromatic carbocycles. The molecule has 2 aliphatic rings. The van der Waals surface area contributed by atoms with Gasteiger partial charge >= 0.3 is 0 Å². The summed E-state index contributed by atoms with van der Waals surface area (Å²) in [5.74, 6) is 3.08. The van der Waals surface area contributed by atoms with E-state index in [1.165, 1.54) is 31.8 Å². The molecule has 0 bridgehead atoms. The van der Waals surface area contributed by atoms with Gasteiger partial charge in [-0.2, -0.15) is 0 Å². The number of hydrogen-bond acceptors (Lipinski definition) is 5. The van der Waals surface area contributed by atoms with Gasteiger partial charge < -0.3 is 18.9 Å². The second kappa shape index (κ2) is 12.6. The molecule has 7 heteroatoms. The second-order valence-corrected chi connectivity index (χ2v) is 15.8. The van der Waals surface area contributed by atoms with Crippen LogP contribution < -0.4 is 50.8 Å². The third kappa shape index (κ3) is 5.47. The minimum Gasteiger partial charge on any atom is -0.454 e. The van der Waals surface area contributed by atoms with Gasteiger partial charge in [-0.3, -0.25) is 0 Å². The number of benzene rings is 6. The van der Waals surface area contributed by atoms with E-state index in [0.717, 1.165) is 32.8 Å². The first-order valence-corrected chi connectivity index (χ1v) is 18.2. The Labute approximate surface area is 269 Å². The summed E-state index contributed by atoms with van der Waals surface area (Å²) in [6, 6.07) is 51.6. The molecule has 0 spiro atoms. The maximum Gasteiger partial charge on any atom is 0.231 e. The van der Waals surface area contributed by atoms with Crippen molar-refractivity contribution in [3.63, 3.8) is 0 Å². The Bertz CT molecular complexity index is 1720. The summed E-state index contributed by atoms with van der Waals surface area (Å²) < 4.78 is 24.4. The topological polar surface area (TPSA) is 36.9 Å². The van der Waals surface area contributed by atoms with Gasteiger partial charge in [-0.15, -0.1) is 0 Å². The van der Waals surface area contributed by atoms with Gasteiger partial charge in [0, 0.05) is 10.6 Å². The van der Waals surface area contributed by atoms with Crippen molar-refractivity contribution in [2.75, 3.05) is 13.6 Å². The van der Waals surface area contributed by atoms with Gasteiger partial charge in [0.05, 0.1) is 9.79 Å². The lowest BCUT2D eigenvalue weighted by Crippen LogP contribution is -2.23. The molecule has 0 saturated heterocycles. The fourth-order valence-corrected chi connectivity index (χ4v) is 12.2. The van der Waals surface area contributed by atoms with Crippen LogP contribution in [0.15, 0.2) is 155 Å². The van der Waals surface area contributed by atoms with Crippen molar-refractivity contribution < 1.29 is 18.9 Å². The highest BCUT2D eigenvalue weighted by atomic mass is 32.2.